The molecule has 4 heterocycles. The van der Waals surface area contributed by atoms with Gasteiger partial charge in [-0.3, -0.25) is 0 Å². The molecule has 1 saturated carbocycles. The van der Waals surface area contributed by atoms with Gasteiger partial charge in [-0.15, -0.1) is 0 Å². The summed E-state index contributed by atoms with van der Waals surface area (Å²) in [5.74, 6) is 3.72. The van der Waals surface area contributed by atoms with Crippen LogP contribution in [0.15, 0.2) is 18.5 Å². The van der Waals surface area contributed by atoms with Gasteiger partial charge in [-0.1, -0.05) is 6.07 Å². The van der Waals surface area contributed by atoms with Crippen LogP contribution in [0, 0.1) is 12.8 Å². The smallest absolute Gasteiger partial charge is 0.153 e. The standard InChI is InChI=1S/C25H33N5O4S/c1-15-9-17(18-10-19(11-18)21-13-26-3-6-33-21)12-20-23(15)34-16(2)22-24(29-20)27-14-28-25(22)30-4-7-35(31,32)8-5-30/h9,12,14,16,18-19,21,26H,3-8,10-11,13H2,1-2H3,(H,27,28,29)/t16-,18?,19?,21-/m1/s1. The molecule has 2 saturated heterocycles. The topological polar surface area (TPSA) is 106 Å². The number of benzene rings is 1. The Bertz CT molecular complexity index is 1210. The molecule has 35 heavy (non-hydrogen) atoms. The largest absolute Gasteiger partial charge is 0.483 e. The Hall–Kier alpha value is -2.43. The first-order valence-electron chi connectivity index (χ1n) is 12.6. The maximum atomic E-state index is 11.9. The number of nitrogens with one attached hydrogen (secondary N) is 2. The zero-order valence-electron chi connectivity index (χ0n) is 20.3. The number of anilines is 3. The fourth-order valence-electron chi connectivity index (χ4n) is 5.81. The molecule has 0 bridgehead atoms. The van der Waals surface area contributed by atoms with Crippen molar-refractivity contribution in [2.45, 2.75) is 44.8 Å². The van der Waals surface area contributed by atoms with Crippen LogP contribution in [-0.4, -0.2) is 68.8 Å². The zero-order chi connectivity index (χ0) is 24.2. The molecule has 10 heteroatoms. The second-order valence-electron chi connectivity index (χ2n) is 10.2. The Morgan fingerprint density at radius 3 is 2.69 bits per heavy atom. The van der Waals surface area contributed by atoms with Gasteiger partial charge in [0.25, 0.3) is 0 Å². The van der Waals surface area contributed by atoms with Gasteiger partial charge < -0.3 is 25.0 Å². The first kappa shape index (κ1) is 23.0. The highest BCUT2D eigenvalue weighted by atomic mass is 32.2. The highest BCUT2D eigenvalue weighted by Gasteiger charge is 2.38. The average molecular weight is 500 g/mol. The van der Waals surface area contributed by atoms with Crippen molar-refractivity contribution in [2.75, 3.05) is 54.5 Å². The minimum absolute atomic E-state index is 0.140. The van der Waals surface area contributed by atoms with Crippen molar-refractivity contribution >= 4 is 27.2 Å². The van der Waals surface area contributed by atoms with E-state index in [0.29, 0.717) is 31.0 Å². The number of rotatable bonds is 3. The van der Waals surface area contributed by atoms with Crippen LogP contribution in [0.2, 0.25) is 0 Å². The van der Waals surface area contributed by atoms with Crippen molar-refractivity contribution < 1.29 is 17.9 Å². The van der Waals surface area contributed by atoms with Crippen LogP contribution < -0.4 is 20.3 Å². The number of hydrogen-bond donors (Lipinski definition) is 2. The summed E-state index contributed by atoms with van der Waals surface area (Å²) >= 11 is 0. The quantitative estimate of drug-likeness (QED) is 0.659. The Kier molecular flexibility index (Phi) is 5.85. The normalized spacial score (nSPS) is 29.6. The molecule has 1 aromatic carbocycles. The van der Waals surface area contributed by atoms with Crippen molar-refractivity contribution in [3.63, 3.8) is 0 Å². The van der Waals surface area contributed by atoms with Crippen LogP contribution >= 0.6 is 0 Å². The fraction of sp³-hybridized carbons (Fsp3) is 0.600. The van der Waals surface area contributed by atoms with Crippen molar-refractivity contribution in [1.29, 1.82) is 0 Å². The van der Waals surface area contributed by atoms with E-state index in [2.05, 4.69) is 39.7 Å². The first-order valence-corrected chi connectivity index (χ1v) is 14.4. The molecule has 0 amide bonds. The number of morpholine rings is 1. The Balaban J connectivity index is 1.25. The summed E-state index contributed by atoms with van der Waals surface area (Å²) < 4.78 is 36.3. The SMILES string of the molecule is Cc1cc(C2CC([C@H]3CNCCO3)C2)cc2c1O[C@H](C)c1c(ncnc1N1CCS(=O)(=O)CC1)N2. The minimum atomic E-state index is -2.98. The van der Waals surface area contributed by atoms with Gasteiger partial charge in [0.15, 0.2) is 9.84 Å². The molecule has 0 unspecified atom stereocenters. The third kappa shape index (κ3) is 4.36. The molecular weight excluding hydrogens is 466 g/mol. The van der Waals surface area contributed by atoms with Gasteiger partial charge in [0.1, 0.15) is 29.8 Å². The summed E-state index contributed by atoms with van der Waals surface area (Å²) in [4.78, 5) is 11.1. The predicted molar refractivity (Wildman–Crippen MR) is 134 cm³/mol. The maximum absolute atomic E-state index is 11.9. The van der Waals surface area contributed by atoms with E-state index in [0.717, 1.165) is 66.7 Å². The van der Waals surface area contributed by atoms with Crippen LogP contribution in [0.5, 0.6) is 5.75 Å². The summed E-state index contributed by atoms with van der Waals surface area (Å²) in [6, 6.07) is 4.46. The Morgan fingerprint density at radius 2 is 1.94 bits per heavy atom. The van der Waals surface area contributed by atoms with E-state index in [9.17, 15) is 8.42 Å². The highest BCUT2D eigenvalue weighted by Crippen LogP contribution is 2.48. The molecule has 2 aromatic rings. The Labute approximate surface area is 206 Å². The molecule has 1 aromatic heterocycles. The van der Waals surface area contributed by atoms with Gasteiger partial charge in [-0.25, -0.2) is 18.4 Å². The van der Waals surface area contributed by atoms with Gasteiger partial charge >= 0.3 is 0 Å². The number of aromatic nitrogens is 2. The van der Waals surface area contributed by atoms with E-state index in [4.69, 9.17) is 9.47 Å². The van der Waals surface area contributed by atoms with Gasteiger partial charge in [-0.05, 0) is 55.7 Å². The summed E-state index contributed by atoms with van der Waals surface area (Å²) in [5, 5.41) is 6.98. The molecular formula is C25H33N5O4S. The number of sulfone groups is 1. The van der Waals surface area contributed by atoms with Crippen LogP contribution in [-0.2, 0) is 14.6 Å². The predicted octanol–water partition coefficient (Wildman–Crippen LogP) is 2.70. The van der Waals surface area contributed by atoms with E-state index >= 15 is 0 Å². The lowest BCUT2D eigenvalue weighted by molar-refractivity contribution is -0.0378. The van der Waals surface area contributed by atoms with Crippen LogP contribution in [0.4, 0.5) is 17.3 Å². The van der Waals surface area contributed by atoms with E-state index in [1.165, 1.54) is 5.56 Å². The third-order valence-corrected chi connectivity index (χ3v) is 9.50. The molecule has 0 radical (unpaired) electrons. The number of ether oxygens (including phenoxy) is 2. The van der Waals surface area contributed by atoms with Crippen molar-refractivity contribution in [3.8, 4) is 5.75 Å². The summed E-state index contributed by atoms with van der Waals surface area (Å²) in [7, 11) is -2.98. The molecule has 0 spiro atoms. The second-order valence-corrected chi connectivity index (χ2v) is 12.5. The molecule has 1 aliphatic carbocycles. The van der Waals surface area contributed by atoms with Crippen molar-refractivity contribution in [1.82, 2.24) is 15.3 Å². The summed E-state index contributed by atoms with van der Waals surface area (Å²) in [6.45, 7) is 7.67. The van der Waals surface area contributed by atoms with Crippen LogP contribution in [0.1, 0.15) is 48.5 Å². The summed E-state index contributed by atoms with van der Waals surface area (Å²) in [6.07, 6.45) is 3.89. The van der Waals surface area contributed by atoms with E-state index in [1.807, 2.05) is 11.8 Å². The molecule has 6 rings (SSSR count). The maximum Gasteiger partial charge on any atom is 0.153 e. The minimum Gasteiger partial charge on any atom is -0.483 e. The third-order valence-electron chi connectivity index (χ3n) is 7.89. The fourth-order valence-corrected chi connectivity index (χ4v) is 7.01. The molecule has 2 atom stereocenters. The summed E-state index contributed by atoms with van der Waals surface area (Å²) in [5.41, 5.74) is 4.22. The lowest BCUT2D eigenvalue weighted by atomic mass is 9.68. The zero-order valence-corrected chi connectivity index (χ0v) is 21.1. The number of fused-ring (bicyclic) bond motifs is 2. The average Bonchev–Trinajstić information content (AvgIpc) is 2.95. The van der Waals surface area contributed by atoms with Gasteiger partial charge in [-0.2, -0.15) is 0 Å². The van der Waals surface area contributed by atoms with Gasteiger partial charge in [0, 0.05) is 26.2 Å². The van der Waals surface area contributed by atoms with Crippen molar-refractivity contribution in [3.05, 3.63) is 35.2 Å². The Morgan fingerprint density at radius 1 is 1.14 bits per heavy atom. The van der Waals surface area contributed by atoms with E-state index < -0.39 is 9.84 Å². The van der Waals surface area contributed by atoms with Crippen LogP contribution in [0.25, 0.3) is 0 Å². The molecule has 3 aliphatic heterocycles. The van der Waals surface area contributed by atoms with Crippen molar-refractivity contribution in [2.24, 2.45) is 5.92 Å². The number of aryl methyl sites for hydroxylation is 1. The number of hydrogen-bond acceptors (Lipinski definition) is 9. The van der Waals surface area contributed by atoms with E-state index in [-0.39, 0.29) is 17.6 Å². The second kappa shape index (κ2) is 8.90. The molecule has 188 valence electrons. The molecule has 4 aliphatic rings. The lowest BCUT2D eigenvalue weighted by Crippen LogP contribution is -2.46. The molecule has 3 fully saturated rings. The molecule has 2 N–H and O–H groups in total. The lowest BCUT2D eigenvalue weighted by Gasteiger charge is -2.42. The van der Waals surface area contributed by atoms with E-state index in [1.54, 1.807) is 6.33 Å². The first-order chi connectivity index (χ1) is 16.9. The molecule has 9 nitrogen and oxygen atoms in total. The van der Waals surface area contributed by atoms with Crippen LogP contribution in [0.3, 0.4) is 0 Å². The monoisotopic (exact) mass is 499 g/mol. The number of nitrogens with zero attached hydrogens (tertiary/aromatic N) is 3. The van der Waals surface area contributed by atoms with Gasteiger partial charge in [0.2, 0.25) is 0 Å². The van der Waals surface area contributed by atoms with Gasteiger partial charge in [0.05, 0.1) is 35.5 Å². The highest BCUT2D eigenvalue weighted by molar-refractivity contribution is 7.91.